The van der Waals surface area contributed by atoms with Crippen LogP contribution in [-0.4, -0.2) is 14.9 Å². The minimum absolute atomic E-state index is 0.149. The van der Waals surface area contributed by atoms with E-state index in [9.17, 15) is 4.79 Å². The SMILES string of the molecule is C/C(=N\NC(=O)C1(C)CC1(Br)Br)c1cc(Cl)ccc1Cl. The summed E-state index contributed by atoms with van der Waals surface area (Å²) in [5.41, 5.74) is 3.37. The molecule has 1 saturated carbocycles. The van der Waals surface area contributed by atoms with Gasteiger partial charge in [-0.1, -0.05) is 55.1 Å². The summed E-state index contributed by atoms with van der Waals surface area (Å²) < 4.78 is -0.339. The Morgan fingerprint density at radius 3 is 2.55 bits per heavy atom. The first-order valence-corrected chi connectivity index (χ1v) is 8.19. The Balaban J connectivity index is 2.12. The summed E-state index contributed by atoms with van der Waals surface area (Å²) in [6, 6.07) is 5.12. The minimum Gasteiger partial charge on any atom is -0.272 e. The fourth-order valence-corrected chi connectivity index (χ4v) is 3.65. The van der Waals surface area contributed by atoms with Crippen molar-refractivity contribution in [3.63, 3.8) is 0 Å². The maximum atomic E-state index is 12.1. The molecule has 1 fully saturated rings. The number of hydrogen-bond donors (Lipinski definition) is 1. The lowest BCUT2D eigenvalue weighted by Crippen LogP contribution is -2.30. The molecular formula is C13H12Br2Cl2N2O. The van der Waals surface area contributed by atoms with Crippen molar-refractivity contribution in [2.24, 2.45) is 10.5 Å². The molecule has 0 spiro atoms. The Hall–Kier alpha value is -0.100. The third-order valence-corrected chi connectivity index (χ3v) is 6.28. The van der Waals surface area contributed by atoms with Crippen LogP contribution in [0.2, 0.25) is 10.0 Å². The summed E-state index contributed by atoms with van der Waals surface area (Å²) in [5.74, 6) is -0.149. The maximum absolute atomic E-state index is 12.1. The lowest BCUT2D eigenvalue weighted by Gasteiger charge is -2.11. The van der Waals surface area contributed by atoms with Crippen molar-refractivity contribution in [1.29, 1.82) is 0 Å². The van der Waals surface area contributed by atoms with Gasteiger partial charge in [0.15, 0.2) is 0 Å². The van der Waals surface area contributed by atoms with Gasteiger partial charge in [-0.3, -0.25) is 4.79 Å². The number of nitrogens with zero attached hydrogens (tertiary/aromatic N) is 1. The lowest BCUT2D eigenvalue weighted by molar-refractivity contribution is -0.125. The van der Waals surface area contributed by atoms with Crippen LogP contribution in [0.25, 0.3) is 0 Å². The molecule has 0 bridgehead atoms. The number of halogens is 4. The Bertz CT molecular complexity index is 604. The van der Waals surface area contributed by atoms with Crippen LogP contribution in [0.15, 0.2) is 23.3 Å². The second-order valence-electron chi connectivity index (χ2n) is 4.98. The second-order valence-corrected chi connectivity index (χ2v) is 9.59. The summed E-state index contributed by atoms with van der Waals surface area (Å²) in [5, 5.41) is 5.21. The number of alkyl halides is 2. The van der Waals surface area contributed by atoms with Crippen LogP contribution in [0, 0.1) is 5.41 Å². The van der Waals surface area contributed by atoms with Gasteiger partial charge < -0.3 is 0 Å². The fraction of sp³-hybridized carbons (Fsp3) is 0.385. The number of rotatable bonds is 3. The van der Waals surface area contributed by atoms with Gasteiger partial charge in [0.2, 0.25) is 5.91 Å². The second kappa shape index (κ2) is 5.59. The largest absolute Gasteiger partial charge is 0.272 e. The number of amides is 1. The van der Waals surface area contributed by atoms with Gasteiger partial charge in [0.25, 0.3) is 0 Å². The fourth-order valence-electron chi connectivity index (χ4n) is 1.74. The van der Waals surface area contributed by atoms with E-state index in [2.05, 4.69) is 42.4 Å². The van der Waals surface area contributed by atoms with Crippen LogP contribution >= 0.6 is 55.1 Å². The normalized spacial score (nSPS) is 24.4. The lowest BCUT2D eigenvalue weighted by atomic mass is 10.1. The van der Waals surface area contributed by atoms with Crippen molar-refractivity contribution in [2.45, 2.75) is 23.5 Å². The minimum atomic E-state index is -0.505. The summed E-state index contributed by atoms with van der Waals surface area (Å²) in [7, 11) is 0. The Labute approximate surface area is 144 Å². The quantitative estimate of drug-likeness (QED) is 0.410. The highest BCUT2D eigenvalue weighted by Gasteiger charge is 2.66. The van der Waals surface area contributed by atoms with Crippen LogP contribution in [0.4, 0.5) is 0 Å². The first kappa shape index (κ1) is 16.3. The molecule has 108 valence electrons. The average molecular weight is 443 g/mol. The molecule has 0 radical (unpaired) electrons. The number of hydrazone groups is 1. The highest BCUT2D eigenvalue weighted by Crippen LogP contribution is 2.66. The summed E-state index contributed by atoms with van der Waals surface area (Å²) >= 11 is 18.9. The molecule has 0 saturated heterocycles. The molecule has 1 aromatic rings. The van der Waals surface area contributed by atoms with Gasteiger partial charge in [-0.05, 0) is 38.5 Å². The van der Waals surface area contributed by atoms with Gasteiger partial charge >= 0.3 is 0 Å². The average Bonchev–Trinajstić information content (AvgIpc) is 2.89. The number of nitrogens with one attached hydrogen (secondary N) is 1. The van der Waals surface area contributed by atoms with E-state index in [0.29, 0.717) is 27.7 Å². The number of benzene rings is 1. The predicted octanol–water partition coefficient (Wildman–Crippen LogP) is 4.73. The molecule has 0 heterocycles. The molecule has 1 aliphatic carbocycles. The van der Waals surface area contributed by atoms with E-state index in [0.717, 1.165) is 0 Å². The Morgan fingerprint density at radius 1 is 1.40 bits per heavy atom. The zero-order chi connectivity index (χ0) is 15.1. The topological polar surface area (TPSA) is 41.5 Å². The molecule has 1 aromatic carbocycles. The zero-order valence-corrected chi connectivity index (χ0v) is 15.5. The summed E-state index contributed by atoms with van der Waals surface area (Å²) in [4.78, 5) is 12.1. The molecule has 2 rings (SSSR count). The molecule has 3 nitrogen and oxygen atoms in total. The summed E-state index contributed by atoms with van der Waals surface area (Å²) in [6.45, 7) is 3.63. The zero-order valence-electron chi connectivity index (χ0n) is 10.8. The van der Waals surface area contributed by atoms with E-state index in [1.54, 1.807) is 25.1 Å². The van der Waals surface area contributed by atoms with Crippen molar-refractivity contribution in [3.8, 4) is 0 Å². The van der Waals surface area contributed by atoms with Crippen LogP contribution in [-0.2, 0) is 4.79 Å². The summed E-state index contributed by atoms with van der Waals surface area (Å²) in [6.07, 6.45) is 0.707. The van der Waals surface area contributed by atoms with Gasteiger partial charge in [-0.2, -0.15) is 5.10 Å². The third-order valence-electron chi connectivity index (χ3n) is 3.40. The van der Waals surface area contributed by atoms with Gasteiger partial charge in [-0.15, -0.1) is 0 Å². The standard InChI is InChI=1S/C13H12Br2Cl2N2O/c1-7(9-5-8(16)3-4-10(9)17)18-19-11(20)12(2)6-13(12,14)15/h3-5H,6H2,1-2H3,(H,19,20)/b18-7+. The van der Waals surface area contributed by atoms with Crippen molar-refractivity contribution in [3.05, 3.63) is 33.8 Å². The highest BCUT2D eigenvalue weighted by molar-refractivity contribution is 9.25. The van der Waals surface area contributed by atoms with E-state index < -0.39 is 5.41 Å². The van der Waals surface area contributed by atoms with Gasteiger partial charge in [0.1, 0.15) is 0 Å². The van der Waals surface area contributed by atoms with Gasteiger partial charge in [-0.25, -0.2) is 5.43 Å². The van der Waals surface area contributed by atoms with Crippen molar-refractivity contribution >= 4 is 66.7 Å². The van der Waals surface area contributed by atoms with Crippen molar-refractivity contribution < 1.29 is 4.79 Å². The molecule has 0 aromatic heterocycles. The van der Waals surface area contributed by atoms with E-state index in [4.69, 9.17) is 23.2 Å². The number of carbonyl (C=O) groups is 1. The molecule has 0 aliphatic heterocycles. The van der Waals surface area contributed by atoms with Gasteiger partial charge in [0, 0.05) is 15.6 Å². The van der Waals surface area contributed by atoms with E-state index >= 15 is 0 Å². The molecule has 20 heavy (non-hydrogen) atoms. The molecule has 1 unspecified atom stereocenters. The number of carbonyl (C=O) groups excluding carboxylic acids is 1. The number of hydrogen-bond acceptors (Lipinski definition) is 2. The molecule has 1 N–H and O–H groups in total. The van der Waals surface area contributed by atoms with Crippen LogP contribution < -0.4 is 5.43 Å². The molecule has 1 aliphatic rings. The predicted molar refractivity (Wildman–Crippen MR) is 90.1 cm³/mol. The monoisotopic (exact) mass is 440 g/mol. The third kappa shape index (κ3) is 3.06. The smallest absolute Gasteiger partial charge is 0.248 e. The van der Waals surface area contributed by atoms with E-state index in [1.807, 2.05) is 6.92 Å². The Morgan fingerprint density at radius 2 is 2.00 bits per heavy atom. The first-order chi connectivity index (χ1) is 9.17. The van der Waals surface area contributed by atoms with Crippen molar-refractivity contribution in [2.75, 3.05) is 0 Å². The van der Waals surface area contributed by atoms with Gasteiger partial charge in [0.05, 0.1) is 14.4 Å². The Kier molecular flexibility index (Phi) is 4.55. The maximum Gasteiger partial charge on any atom is 0.248 e. The van der Waals surface area contributed by atoms with Crippen LogP contribution in [0.5, 0.6) is 0 Å². The molecular weight excluding hydrogens is 431 g/mol. The van der Waals surface area contributed by atoms with E-state index in [1.165, 1.54) is 0 Å². The highest BCUT2D eigenvalue weighted by atomic mass is 79.9. The van der Waals surface area contributed by atoms with Crippen molar-refractivity contribution in [1.82, 2.24) is 5.43 Å². The first-order valence-electron chi connectivity index (χ1n) is 5.85. The molecule has 7 heteroatoms. The van der Waals surface area contributed by atoms with Crippen LogP contribution in [0.3, 0.4) is 0 Å². The molecule has 1 atom stereocenters. The molecule has 1 amide bonds. The van der Waals surface area contributed by atoms with E-state index in [-0.39, 0.29) is 9.14 Å². The van der Waals surface area contributed by atoms with Crippen LogP contribution in [0.1, 0.15) is 25.8 Å².